The van der Waals surface area contributed by atoms with Gasteiger partial charge in [0.25, 0.3) is 0 Å². The van der Waals surface area contributed by atoms with Crippen molar-refractivity contribution in [1.29, 1.82) is 0 Å². The van der Waals surface area contributed by atoms with Gasteiger partial charge in [-0.15, -0.1) is 0 Å². The molecule has 1 rings (SSSR count). The number of rotatable bonds is 4. The zero-order valence-corrected chi connectivity index (χ0v) is 7.21. The molecule has 1 unspecified atom stereocenters. The summed E-state index contributed by atoms with van der Waals surface area (Å²) in [5.41, 5.74) is 0. The Morgan fingerprint density at radius 1 is 1.55 bits per heavy atom. The average molecular weight is 157 g/mol. The number of ether oxygens (including phenoxy) is 2. The Kier molecular flexibility index (Phi) is 4.55. The second kappa shape index (κ2) is 5.56. The van der Waals surface area contributed by atoms with Crippen molar-refractivity contribution < 1.29 is 9.47 Å². The van der Waals surface area contributed by atoms with Gasteiger partial charge in [0.05, 0.1) is 12.7 Å². The van der Waals surface area contributed by atoms with Crippen LogP contribution in [0.3, 0.4) is 0 Å². The van der Waals surface area contributed by atoms with Gasteiger partial charge in [-0.25, -0.2) is 0 Å². The lowest BCUT2D eigenvalue weighted by molar-refractivity contribution is 0.00573. The molecule has 0 aliphatic carbocycles. The zero-order valence-electron chi connectivity index (χ0n) is 7.21. The Morgan fingerprint density at radius 3 is 3.09 bits per heavy atom. The smallest absolute Gasteiger partial charge is 0.0862 e. The van der Waals surface area contributed by atoms with E-state index in [9.17, 15) is 0 Å². The summed E-state index contributed by atoms with van der Waals surface area (Å²) in [5.74, 6) is 0. The normalized spacial score (nSPS) is 25.4. The first-order valence-corrected chi connectivity index (χ1v) is 4.48. The molecular weight excluding hydrogens is 140 g/mol. The van der Waals surface area contributed by atoms with Gasteiger partial charge in [0.2, 0.25) is 0 Å². The molecule has 1 heterocycles. The van der Waals surface area contributed by atoms with Crippen LogP contribution in [0.5, 0.6) is 0 Å². The molecule has 2 nitrogen and oxygen atoms in total. The summed E-state index contributed by atoms with van der Waals surface area (Å²) in [6, 6.07) is 0. The quantitative estimate of drug-likeness (QED) is 0.582. The van der Waals surface area contributed by atoms with Crippen LogP contribution in [0.4, 0.5) is 0 Å². The van der Waals surface area contributed by atoms with Gasteiger partial charge in [0.15, 0.2) is 0 Å². The molecule has 1 radical (unpaired) electrons. The van der Waals surface area contributed by atoms with Crippen LogP contribution in [0, 0.1) is 6.61 Å². The molecule has 1 atom stereocenters. The maximum Gasteiger partial charge on any atom is 0.0862 e. The summed E-state index contributed by atoms with van der Waals surface area (Å²) >= 11 is 0. The van der Waals surface area contributed by atoms with Crippen molar-refractivity contribution in [2.24, 2.45) is 0 Å². The summed E-state index contributed by atoms with van der Waals surface area (Å²) in [7, 11) is 0. The lowest BCUT2D eigenvalue weighted by Crippen LogP contribution is -2.19. The predicted octanol–water partition coefficient (Wildman–Crippen LogP) is 2.14. The van der Waals surface area contributed by atoms with E-state index in [1.54, 1.807) is 0 Å². The van der Waals surface area contributed by atoms with E-state index in [1.165, 1.54) is 19.3 Å². The molecule has 1 saturated heterocycles. The summed E-state index contributed by atoms with van der Waals surface area (Å²) < 4.78 is 10.6. The van der Waals surface area contributed by atoms with Crippen LogP contribution < -0.4 is 0 Å². The first-order valence-electron chi connectivity index (χ1n) is 4.48. The van der Waals surface area contributed by atoms with Crippen LogP contribution in [0.25, 0.3) is 0 Å². The second-order valence-corrected chi connectivity index (χ2v) is 2.85. The summed E-state index contributed by atoms with van der Waals surface area (Å²) in [6.45, 7) is 5.57. The largest absolute Gasteiger partial charge is 0.378 e. The van der Waals surface area contributed by atoms with Crippen LogP contribution >= 0.6 is 0 Å². The summed E-state index contributed by atoms with van der Waals surface area (Å²) in [6.07, 6.45) is 5.11. The van der Waals surface area contributed by atoms with E-state index in [0.717, 1.165) is 19.6 Å². The van der Waals surface area contributed by atoms with Crippen molar-refractivity contribution >= 4 is 0 Å². The Balaban J connectivity index is 1.96. The van der Waals surface area contributed by atoms with Crippen molar-refractivity contribution in [1.82, 2.24) is 0 Å². The highest BCUT2D eigenvalue weighted by Crippen LogP contribution is 2.16. The molecule has 1 aliphatic rings. The first-order chi connectivity index (χ1) is 5.43. The van der Waals surface area contributed by atoms with E-state index in [4.69, 9.17) is 9.47 Å². The van der Waals surface area contributed by atoms with Crippen LogP contribution in [0.2, 0.25) is 0 Å². The molecule has 0 N–H and O–H groups in total. The molecule has 1 fully saturated rings. The minimum absolute atomic E-state index is 0.426. The third kappa shape index (κ3) is 3.73. The molecule has 2 heteroatoms. The van der Waals surface area contributed by atoms with Crippen molar-refractivity contribution in [3.63, 3.8) is 0 Å². The highest BCUT2D eigenvalue weighted by Gasteiger charge is 2.12. The molecule has 0 aromatic heterocycles. The van der Waals surface area contributed by atoms with Gasteiger partial charge in [-0.05, 0) is 26.2 Å². The van der Waals surface area contributed by atoms with Crippen molar-refractivity contribution in [2.45, 2.75) is 38.7 Å². The fraction of sp³-hybridized carbons (Fsp3) is 0.889. The summed E-state index contributed by atoms with van der Waals surface area (Å²) in [5, 5.41) is 0. The Labute approximate surface area is 68.9 Å². The monoisotopic (exact) mass is 157 g/mol. The van der Waals surface area contributed by atoms with Crippen LogP contribution in [0.15, 0.2) is 0 Å². The molecule has 0 saturated carbocycles. The third-order valence-electron chi connectivity index (χ3n) is 1.92. The van der Waals surface area contributed by atoms with Crippen LogP contribution in [-0.4, -0.2) is 19.3 Å². The molecule has 0 aromatic carbocycles. The first kappa shape index (κ1) is 9.01. The highest BCUT2D eigenvalue weighted by molar-refractivity contribution is 4.67. The molecule has 0 bridgehead atoms. The van der Waals surface area contributed by atoms with E-state index in [0.29, 0.717) is 6.10 Å². The molecule has 0 aromatic rings. The number of hydrogen-bond donors (Lipinski definition) is 0. The Hall–Kier alpha value is -0.0800. The summed E-state index contributed by atoms with van der Waals surface area (Å²) in [4.78, 5) is 0. The highest BCUT2D eigenvalue weighted by atomic mass is 16.5. The maximum absolute atomic E-state index is 5.51. The van der Waals surface area contributed by atoms with Crippen molar-refractivity contribution in [2.75, 3.05) is 13.2 Å². The standard InChI is InChI=1S/C9H17O2/c1-2-10-8-6-9-5-3-4-7-11-9/h8-9H,2-7H2,1H3. The van der Waals surface area contributed by atoms with Crippen LogP contribution in [0.1, 0.15) is 32.6 Å². The molecule has 0 amide bonds. The fourth-order valence-corrected chi connectivity index (χ4v) is 1.29. The SMILES string of the molecule is CCO[CH]CC1CCCCO1. The lowest BCUT2D eigenvalue weighted by atomic mass is 10.1. The number of hydrogen-bond acceptors (Lipinski definition) is 2. The van der Waals surface area contributed by atoms with Gasteiger partial charge >= 0.3 is 0 Å². The second-order valence-electron chi connectivity index (χ2n) is 2.85. The van der Waals surface area contributed by atoms with E-state index < -0.39 is 0 Å². The van der Waals surface area contributed by atoms with Gasteiger partial charge in [-0.2, -0.15) is 0 Å². The molecular formula is C9H17O2. The van der Waals surface area contributed by atoms with E-state index >= 15 is 0 Å². The Bertz CT molecular complexity index is 87.6. The zero-order chi connectivity index (χ0) is 7.94. The molecule has 0 spiro atoms. The fourth-order valence-electron chi connectivity index (χ4n) is 1.29. The van der Waals surface area contributed by atoms with Gasteiger partial charge in [0, 0.05) is 19.6 Å². The molecule has 65 valence electrons. The lowest BCUT2D eigenvalue weighted by Gasteiger charge is -2.21. The predicted molar refractivity (Wildman–Crippen MR) is 44.1 cm³/mol. The molecule has 11 heavy (non-hydrogen) atoms. The topological polar surface area (TPSA) is 18.5 Å². The van der Waals surface area contributed by atoms with Gasteiger partial charge in [-0.1, -0.05) is 0 Å². The third-order valence-corrected chi connectivity index (χ3v) is 1.92. The van der Waals surface area contributed by atoms with Gasteiger partial charge < -0.3 is 9.47 Å². The molecule has 1 aliphatic heterocycles. The van der Waals surface area contributed by atoms with Gasteiger partial charge in [-0.3, -0.25) is 0 Å². The van der Waals surface area contributed by atoms with E-state index in [1.807, 2.05) is 13.5 Å². The van der Waals surface area contributed by atoms with Crippen molar-refractivity contribution in [3.05, 3.63) is 6.61 Å². The maximum atomic E-state index is 5.51. The minimum Gasteiger partial charge on any atom is -0.378 e. The van der Waals surface area contributed by atoms with E-state index in [2.05, 4.69) is 0 Å². The Morgan fingerprint density at radius 2 is 2.45 bits per heavy atom. The van der Waals surface area contributed by atoms with Crippen LogP contribution in [-0.2, 0) is 9.47 Å². The van der Waals surface area contributed by atoms with E-state index in [-0.39, 0.29) is 0 Å². The average Bonchev–Trinajstić information content (AvgIpc) is 2.07. The van der Waals surface area contributed by atoms with Gasteiger partial charge in [0.1, 0.15) is 0 Å². The van der Waals surface area contributed by atoms with Crippen molar-refractivity contribution in [3.8, 4) is 0 Å². The minimum atomic E-state index is 0.426.